The molecule has 0 radical (unpaired) electrons. The molecular formula is C27H36N3O2S+. The minimum atomic E-state index is -0.769. The van der Waals surface area contributed by atoms with Crippen LogP contribution in [0.2, 0.25) is 0 Å². The zero-order valence-corrected chi connectivity index (χ0v) is 20.6. The van der Waals surface area contributed by atoms with Crippen molar-refractivity contribution in [2.24, 2.45) is 0 Å². The molecule has 1 fully saturated rings. The van der Waals surface area contributed by atoms with Gasteiger partial charge in [0.2, 0.25) is 5.91 Å². The number of aryl methyl sites for hydroxylation is 1. The third kappa shape index (κ3) is 5.44. The molecule has 1 saturated heterocycles. The van der Waals surface area contributed by atoms with Crippen molar-refractivity contribution in [1.29, 1.82) is 0 Å². The molecule has 0 aromatic heterocycles. The minimum Gasteiger partial charge on any atom is -0.345 e. The molecule has 1 atom stereocenters. The Kier molecular flexibility index (Phi) is 7.15. The van der Waals surface area contributed by atoms with Crippen molar-refractivity contribution in [2.45, 2.75) is 67.8 Å². The van der Waals surface area contributed by atoms with Gasteiger partial charge in [-0.3, -0.25) is 9.59 Å². The quantitative estimate of drug-likeness (QED) is 0.658. The number of thioether (sulfide) groups is 1. The van der Waals surface area contributed by atoms with Crippen molar-refractivity contribution in [3.63, 3.8) is 0 Å². The summed E-state index contributed by atoms with van der Waals surface area (Å²) >= 11 is 1.94. The highest BCUT2D eigenvalue weighted by Gasteiger charge is 2.43. The molecule has 4 rings (SSSR count). The van der Waals surface area contributed by atoms with Gasteiger partial charge in [-0.05, 0) is 63.1 Å². The number of rotatable bonds is 7. The predicted molar refractivity (Wildman–Crippen MR) is 133 cm³/mol. The van der Waals surface area contributed by atoms with E-state index in [-0.39, 0.29) is 17.2 Å². The summed E-state index contributed by atoms with van der Waals surface area (Å²) in [5.74, 6) is 0.978. The van der Waals surface area contributed by atoms with E-state index in [1.165, 1.54) is 16.0 Å². The second-order valence-corrected chi connectivity index (χ2v) is 11.2. The number of hydrogen-bond acceptors (Lipinski definition) is 3. The Balaban J connectivity index is 1.40. The molecule has 0 bridgehead atoms. The number of quaternary nitrogens is 1. The lowest BCUT2D eigenvalue weighted by Crippen LogP contribution is -2.76. The molecule has 176 valence electrons. The first-order valence-corrected chi connectivity index (χ1v) is 13.0. The van der Waals surface area contributed by atoms with Crippen molar-refractivity contribution < 1.29 is 15.3 Å². The summed E-state index contributed by atoms with van der Waals surface area (Å²) in [5.41, 5.74) is 6.07. The SMILES string of the molecule is CC(C)([NH3+])C(=O)N[C@H](CCCc1ccccc1)C(=O)N1CCC2(CC1)CSc1ccccc12. The summed E-state index contributed by atoms with van der Waals surface area (Å²) in [6.07, 6.45) is 4.34. The van der Waals surface area contributed by atoms with Crippen LogP contribution in [0.4, 0.5) is 0 Å². The number of carbonyl (C=O) groups is 2. The smallest absolute Gasteiger partial charge is 0.281 e. The van der Waals surface area contributed by atoms with Gasteiger partial charge in [-0.1, -0.05) is 48.5 Å². The Morgan fingerprint density at radius 3 is 2.45 bits per heavy atom. The fourth-order valence-electron chi connectivity index (χ4n) is 4.88. The van der Waals surface area contributed by atoms with Gasteiger partial charge in [-0.25, -0.2) is 0 Å². The van der Waals surface area contributed by atoms with Gasteiger partial charge >= 0.3 is 0 Å². The van der Waals surface area contributed by atoms with Crippen LogP contribution in [0.3, 0.4) is 0 Å². The van der Waals surface area contributed by atoms with E-state index in [0.29, 0.717) is 6.42 Å². The van der Waals surface area contributed by atoms with E-state index in [0.717, 1.165) is 44.5 Å². The Morgan fingerprint density at radius 2 is 1.76 bits per heavy atom. The molecular weight excluding hydrogens is 430 g/mol. The lowest BCUT2D eigenvalue weighted by molar-refractivity contribution is -0.446. The molecule has 2 aliphatic rings. The van der Waals surface area contributed by atoms with Crippen LogP contribution >= 0.6 is 11.8 Å². The zero-order chi connectivity index (χ0) is 23.5. The van der Waals surface area contributed by atoms with Gasteiger partial charge in [0.15, 0.2) is 5.54 Å². The summed E-state index contributed by atoms with van der Waals surface area (Å²) in [5, 5.41) is 3.02. The van der Waals surface area contributed by atoms with Crippen molar-refractivity contribution in [2.75, 3.05) is 18.8 Å². The highest BCUT2D eigenvalue weighted by molar-refractivity contribution is 7.99. The molecule has 33 heavy (non-hydrogen) atoms. The first-order chi connectivity index (χ1) is 15.8. The number of hydrogen-bond donors (Lipinski definition) is 2. The molecule has 5 nitrogen and oxygen atoms in total. The Bertz CT molecular complexity index is 978. The fraction of sp³-hybridized carbons (Fsp3) is 0.481. The topological polar surface area (TPSA) is 77.0 Å². The lowest BCUT2D eigenvalue weighted by atomic mass is 9.74. The molecule has 0 unspecified atom stereocenters. The second kappa shape index (κ2) is 9.90. The molecule has 2 aromatic rings. The maximum absolute atomic E-state index is 13.5. The molecule has 0 aliphatic carbocycles. The summed E-state index contributed by atoms with van der Waals surface area (Å²) in [7, 11) is 0. The number of piperidine rings is 1. The standard InChI is InChI=1S/C27H35N3O2S/c1-26(2,28)25(32)29-22(13-8-11-20-9-4-3-5-10-20)24(31)30-17-15-27(16-18-30)19-33-23-14-7-6-12-21(23)27/h3-7,9-10,12,14,22H,8,11,13,15-19,28H2,1-2H3,(H,29,32)/p+1/t22-/m1/s1. The molecule has 4 N–H and O–H groups in total. The maximum atomic E-state index is 13.5. The van der Waals surface area contributed by atoms with Gasteiger partial charge in [0.25, 0.3) is 5.91 Å². The van der Waals surface area contributed by atoms with Gasteiger partial charge in [0.1, 0.15) is 6.04 Å². The highest BCUT2D eigenvalue weighted by Crippen LogP contribution is 2.49. The van der Waals surface area contributed by atoms with Crippen LogP contribution in [-0.2, 0) is 21.4 Å². The van der Waals surface area contributed by atoms with E-state index in [1.807, 2.05) is 34.9 Å². The van der Waals surface area contributed by atoms with Crippen LogP contribution < -0.4 is 11.1 Å². The number of likely N-dealkylation sites (tertiary alicyclic amines) is 1. The molecule has 1 spiro atoms. The molecule has 2 aliphatic heterocycles. The Hall–Kier alpha value is -2.31. The fourth-order valence-corrected chi connectivity index (χ4v) is 6.37. The minimum absolute atomic E-state index is 0.0504. The first-order valence-electron chi connectivity index (χ1n) is 12.0. The molecule has 0 saturated carbocycles. The average Bonchev–Trinajstić information content (AvgIpc) is 3.16. The Labute approximate surface area is 201 Å². The van der Waals surface area contributed by atoms with Crippen LogP contribution in [0.5, 0.6) is 0 Å². The summed E-state index contributed by atoms with van der Waals surface area (Å²) in [6.45, 7) is 5.06. The van der Waals surface area contributed by atoms with Crippen LogP contribution in [0.1, 0.15) is 50.7 Å². The predicted octanol–water partition coefficient (Wildman–Crippen LogP) is 3.18. The van der Waals surface area contributed by atoms with E-state index in [9.17, 15) is 9.59 Å². The third-order valence-corrected chi connectivity index (χ3v) is 8.38. The van der Waals surface area contributed by atoms with Gasteiger partial charge in [0.05, 0.1) is 0 Å². The Morgan fingerprint density at radius 1 is 1.09 bits per heavy atom. The van der Waals surface area contributed by atoms with Gasteiger partial charge in [-0.2, -0.15) is 0 Å². The van der Waals surface area contributed by atoms with E-state index >= 15 is 0 Å². The number of benzene rings is 2. The van der Waals surface area contributed by atoms with Gasteiger partial charge in [-0.15, -0.1) is 11.8 Å². The van der Waals surface area contributed by atoms with E-state index < -0.39 is 11.6 Å². The first kappa shape index (κ1) is 23.8. The van der Waals surface area contributed by atoms with Crippen LogP contribution in [-0.4, -0.2) is 47.1 Å². The van der Waals surface area contributed by atoms with Crippen molar-refractivity contribution in [3.8, 4) is 0 Å². The van der Waals surface area contributed by atoms with E-state index in [4.69, 9.17) is 0 Å². The highest BCUT2D eigenvalue weighted by atomic mass is 32.2. The maximum Gasteiger partial charge on any atom is 0.281 e. The number of nitrogens with zero attached hydrogens (tertiary/aromatic N) is 1. The molecule has 2 heterocycles. The van der Waals surface area contributed by atoms with Crippen LogP contribution in [0.15, 0.2) is 59.5 Å². The molecule has 2 amide bonds. The van der Waals surface area contributed by atoms with E-state index in [2.05, 4.69) is 47.4 Å². The lowest BCUT2D eigenvalue weighted by Gasteiger charge is -2.41. The summed E-state index contributed by atoms with van der Waals surface area (Å²) in [4.78, 5) is 29.6. The van der Waals surface area contributed by atoms with E-state index in [1.54, 1.807) is 13.8 Å². The van der Waals surface area contributed by atoms with Crippen LogP contribution in [0.25, 0.3) is 0 Å². The number of nitrogens with one attached hydrogen (secondary N) is 1. The normalized spacial score (nSPS) is 18.1. The summed E-state index contributed by atoms with van der Waals surface area (Å²) in [6, 6.07) is 18.5. The molecule has 2 aromatic carbocycles. The largest absolute Gasteiger partial charge is 0.345 e. The van der Waals surface area contributed by atoms with Crippen molar-refractivity contribution in [3.05, 3.63) is 65.7 Å². The number of amides is 2. The van der Waals surface area contributed by atoms with Gasteiger partial charge < -0.3 is 16.0 Å². The van der Waals surface area contributed by atoms with Crippen LogP contribution in [0, 0.1) is 0 Å². The molecule has 6 heteroatoms. The number of fused-ring (bicyclic) bond motifs is 2. The summed E-state index contributed by atoms with van der Waals surface area (Å²) < 4.78 is 0. The zero-order valence-electron chi connectivity index (χ0n) is 19.8. The van der Waals surface area contributed by atoms with Gasteiger partial charge in [0, 0.05) is 29.2 Å². The third-order valence-electron chi connectivity index (χ3n) is 7.01. The van der Waals surface area contributed by atoms with Crippen molar-refractivity contribution in [1.82, 2.24) is 10.2 Å². The number of carbonyl (C=O) groups excluding carboxylic acids is 2. The average molecular weight is 467 g/mol. The monoisotopic (exact) mass is 466 g/mol. The van der Waals surface area contributed by atoms with Crippen molar-refractivity contribution >= 4 is 23.6 Å². The second-order valence-electron chi connectivity index (χ2n) is 10.2.